The SMILES string of the molecule is CCc1nc2scc(-c3cc4cc(Cl)ccc4oc3=O)n2n1. The van der Waals surface area contributed by atoms with Crippen LogP contribution >= 0.6 is 22.9 Å². The molecular formula is C15H10ClN3O2S. The minimum atomic E-state index is -0.400. The predicted octanol–water partition coefficient (Wildman–Crippen LogP) is 3.78. The minimum absolute atomic E-state index is 0.400. The van der Waals surface area contributed by atoms with E-state index in [4.69, 9.17) is 16.0 Å². The number of halogens is 1. The van der Waals surface area contributed by atoms with E-state index in [2.05, 4.69) is 10.1 Å². The standard InChI is InChI=1S/C15H10ClN3O2S/c1-2-13-17-15-19(18-13)11(7-22-15)10-6-8-5-9(16)3-4-12(8)21-14(10)20/h3-7H,2H2,1H3. The van der Waals surface area contributed by atoms with Crippen LogP contribution in [0.2, 0.25) is 5.02 Å². The van der Waals surface area contributed by atoms with Gasteiger partial charge >= 0.3 is 5.63 Å². The lowest BCUT2D eigenvalue weighted by Gasteiger charge is -2.01. The van der Waals surface area contributed by atoms with Crippen LogP contribution in [-0.4, -0.2) is 14.6 Å². The Hall–Kier alpha value is -2.18. The lowest BCUT2D eigenvalue weighted by atomic mass is 10.1. The van der Waals surface area contributed by atoms with Gasteiger partial charge in [0.2, 0.25) is 4.96 Å². The van der Waals surface area contributed by atoms with Crippen LogP contribution in [0.15, 0.2) is 38.9 Å². The molecule has 3 heterocycles. The Kier molecular flexibility index (Phi) is 3.02. The lowest BCUT2D eigenvalue weighted by Crippen LogP contribution is -2.04. The quantitative estimate of drug-likeness (QED) is 0.524. The van der Waals surface area contributed by atoms with Crippen molar-refractivity contribution in [3.8, 4) is 11.3 Å². The summed E-state index contributed by atoms with van der Waals surface area (Å²) in [5.41, 5.74) is 1.25. The molecule has 3 aromatic heterocycles. The fourth-order valence-corrected chi connectivity index (χ4v) is 3.35. The van der Waals surface area contributed by atoms with Gasteiger partial charge < -0.3 is 4.42 Å². The molecule has 0 fully saturated rings. The first-order valence-corrected chi connectivity index (χ1v) is 7.98. The van der Waals surface area contributed by atoms with Crippen molar-refractivity contribution in [2.45, 2.75) is 13.3 Å². The summed E-state index contributed by atoms with van der Waals surface area (Å²) in [5.74, 6) is 0.751. The summed E-state index contributed by atoms with van der Waals surface area (Å²) in [7, 11) is 0. The highest BCUT2D eigenvalue weighted by molar-refractivity contribution is 7.15. The molecule has 110 valence electrons. The van der Waals surface area contributed by atoms with Gasteiger partial charge in [-0.25, -0.2) is 14.3 Å². The summed E-state index contributed by atoms with van der Waals surface area (Å²) >= 11 is 7.45. The summed E-state index contributed by atoms with van der Waals surface area (Å²) in [6.07, 6.45) is 0.746. The van der Waals surface area contributed by atoms with E-state index < -0.39 is 5.63 Å². The molecular weight excluding hydrogens is 322 g/mol. The number of fused-ring (bicyclic) bond motifs is 2. The van der Waals surface area contributed by atoms with E-state index in [0.29, 0.717) is 21.9 Å². The monoisotopic (exact) mass is 331 g/mol. The second-order valence-corrected chi connectivity index (χ2v) is 6.10. The average Bonchev–Trinajstić information content (AvgIpc) is 3.07. The maximum absolute atomic E-state index is 12.3. The maximum Gasteiger partial charge on any atom is 0.345 e. The molecule has 0 amide bonds. The number of hydrogen-bond donors (Lipinski definition) is 0. The van der Waals surface area contributed by atoms with Gasteiger partial charge in [0.1, 0.15) is 5.58 Å². The zero-order valence-corrected chi connectivity index (χ0v) is 13.1. The highest BCUT2D eigenvalue weighted by Gasteiger charge is 2.15. The smallest absolute Gasteiger partial charge is 0.345 e. The van der Waals surface area contributed by atoms with E-state index in [9.17, 15) is 4.79 Å². The number of aryl methyl sites for hydroxylation is 1. The molecule has 1 aromatic carbocycles. The first-order chi connectivity index (χ1) is 10.7. The molecule has 7 heteroatoms. The van der Waals surface area contributed by atoms with Crippen LogP contribution in [-0.2, 0) is 6.42 Å². The molecule has 22 heavy (non-hydrogen) atoms. The normalized spacial score (nSPS) is 11.5. The van der Waals surface area contributed by atoms with Crippen molar-refractivity contribution in [1.29, 1.82) is 0 Å². The zero-order valence-electron chi connectivity index (χ0n) is 11.5. The van der Waals surface area contributed by atoms with Gasteiger partial charge in [-0.05, 0) is 24.3 Å². The van der Waals surface area contributed by atoms with Crippen LogP contribution in [0.3, 0.4) is 0 Å². The molecule has 5 nitrogen and oxygen atoms in total. The van der Waals surface area contributed by atoms with Gasteiger partial charge in [0.05, 0.1) is 11.3 Å². The fourth-order valence-electron chi connectivity index (χ4n) is 2.33. The largest absolute Gasteiger partial charge is 0.422 e. The molecule has 0 radical (unpaired) electrons. The number of hydrogen-bond acceptors (Lipinski definition) is 5. The predicted molar refractivity (Wildman–Crippen MR) is 86.7 cm³/mol. The number of rotatable bonds is 2. The van der Waals surface area contributed by atoms with Crippen molar-refractivity contribution in [3.05, 3.63) is 50.9 Å². The van der Waals surface area contributed by atoms with E-state index in [1.54, 1.807) is 28.8 Å². The van der Waals surface area contributed by atoms with Crippen molar-refractivity contribution in [3.63, 3.8) is 0 Å². The molecule has 0 saturated heterocycles. The molecule has 4 rings (SSSR count). The summed E-state index contributed by atoms with van der Waals surface area (Å²) in [6.45, 7) is 1.99. The number of nitrogens with zero attached hydrogens (tertiary/aromatic N) is 3. The third-order valence-corrected chi connectivity index (χ3v) is 4.46. The Morgan fingerprint density at radius 1 is 1.36 bits per heavy atom. The Morgan fingerprint density at radius 2 is 2.23 bits per heavy atom. The third kappa shape index (κ3) is 2.03. The molecule has 0 saturated carbocycles. The van der Waals surface area contributed by atoms with Gasteiger partial charge in [-0.2, -0.15) is 5.10 Å². The molecule has 0 bridgehead atoms. The average molecular weight is 332 g/mol. The molecule has 0 unspecified atom stereocenters. The molecule has 0 aliphatic carbocycles. The van der Waals surface area contributed by atoms with Gasteiger partial charge in [-0.1, -0.05) is 18.5 Å². The van der Waals surface area contributed by atoms with Gasteiger partial charge in [-0.3, -0.25) is 0 Å². The van der Waals surface area contributed by atoms with Gasteiger partial charge in [0.25, 0.3) is 0 Å². The Bertz CT molecular complexity index is 1060. The van der Waals surface area contributed by atoms with Crippen LogP contribution in [0.25, 0.3) is 27.2 Å². The Labute approximate surface area is 133 Å². The van der Waals surface area contributed by atoms with E-state index in [-0.39, 0.29) is 0 Å². The van der Waals surface area contributed by atoms with Crippen LogP contribution in [0.1, 0.15) is 12.7 Å². The number of thiazole rings is 1. The lowest BCUT2D eigenvalue weighted by molar-refractivity contribution is 0.563. The van der Waals surface area contributed by atoms with Gasteiger partial charge in [0, 0.05) is 22.2 Å². The maximum atomic E-state index is 12.3. The molecule has 0 atom stereocenters. The van der Waals surface area contributed by atoms with E-state index in [1.165, 1.54) is 11.3 Å². The first-order valence-electron chi connectivity index (χ1n) is 6.72. The van der Waals surface area contributed by atoms with E-state index >= 15 is 0 Å². The van der Waals surface area contributed by atoms with Crippen LogP contribution in [0.4, 0.5) is 0 Å². The minimum Gasteiger partial charge on any atom is -0.422 e. The Morgan fingerprint density at radius 3 is 3.05 bits per heavy atom. The summed E-state index contributed by atoms with van der Waals surface area (Å²) in [6, 6.07) is 6.94. The molecule has 0 aliphatic rings. The second kappa shape index (κ2) is 4.93. The molecule has 4 aromatic rings. The molecule has 0 N–H and O–H groups in total. The van der Waals surface area contributed by atoms with Gasteiger partial charge in [-0.15, -0.1) is 11.3 Å². The van der Waals surface area contributed by atoms with Crippen LogP contribution < -0.4 is 5.63 Å². The highest BCUT2D eigenvalue weighted by atomic mass is 35.5. The van der Waals surface area contributed by atoms with Crippen LogP contribution in [0.5, 0.6) is 0 Å². The fraction of sp³-hybridized carbons (Fsp3) is 0.133. The Balaban J connectivity index is 2.00. The van der Waals surface area contributed by atoms with Crippen molar-refractivity contribution in [2.24, 2.45) is 0 Å². The second-order valence-electron chi connectivity index (χ2n) is 4.83. The topological polar surface area (TPSA) is 60.4 Å². The van der Waals surface area contributed by atoms with Crippen molar-refractivity contribution >= 4 is 38.9 Å². The zero-order chi connectivity index (χ0) is 15.3. The third-order valence-electron chi connectivity index (χ3n) is 3.41. The highest BCUT2D eigenvalue weighted by Crippen LogP contribution is 2.26. The van der Waals surface area contributed by atoms with E-state index in [1.807, 2.05) is 12.3 Å². The molecule has 0 aliphatic heterocycles. The van der Waals surface area contributed by atoms with Gasteiger partial charge in [0.15, 0.2) is 5.82 Å². The van der Waals surface area contributed by atoms with E-state index in [0.717, 1.165) is 22.6 Å². The van der Waals surface area contributed by atoms with Crippen molar-refractivity contribution in [1.82, 2.24) is 14.6 Å². The summed E-state index contributed by atoms with van der Waals surface area (Å²) in [4.78, 5) is 17.4. The molecule has 0 spiro atoms. The summed E-state index contributed by atoms with van der Waals surface area (Å²) in [5, 5.41) is 7.64. The van der Waals surface area contributed by atoms with Crippen LogP contribution in [0, 0.1) is 0 Å². The first kappa shape index (κ1) is 13.5. The number of benzene rings is 1. The summed E-state index contributed by atoms with van der Waals surface area (Å²) < 4.78 is 7.07. The van der Waals surface area contributed by atoms with Crippen molar-refractivity contribution < 1.29 is 4.42 Å². The van der Waals surface area contributed by atoms with Crippen molar-refractivity contribution in [2.75, 3.05) is 0 Å². The number of aromatic nitrogens is 3.